The average Bonchev–Trinajstić information content (AvgIpc) is 2.90. The Hall–Kier alpha value is -2.30. The van der Waals surface area contributed by atoms with Crippen molar-refractivity contribution in [3.8, 4) is 5.75 Å². The highest BCUT2D eigenvalue weighted by molar-refractivity contribution is 5.62. The summed E-state index contributed by atoms with van der Waals surface area (Å²) >= 11 is 0. The minimum Gasteiger partial charge on any atom is -0.492 e. The van der Waals surface area contributed by atoms with Crippen LogP contribution >= 0.6 is 0 Å². The number of fused-ring (bicyclic) bond motifs is 1. The molecule has 2 N–H and O–H groups in total. The number of nitrogens with zero attached hydrogens (tertiary/aromatic N) is 1. The van der Waals surface area contributed by atoms with Gasteiger partial charge in [-0.1, -0.05) is 12.1 Å². The fourth-order valence-corrected chi connectivity index (χ4v) is 2.48. The first-order chi connectivity index (χ1) is 9.78. The molecule has 0 amide bonds. The molecular weight excluding hydrogens is 254 g/mol. The van der Waals surface area contributed by atoms with E-state index >= 15 is 0 Å². The number of rotatable bonds is 4. The second-order valence-corrected chi connectivity index (χ2v) is 4.75. The van der Waals surface area contributed by atoms with Crippen LogP contribution in [0.1, 0.15) is 24.6 Å². The molecule has 20 heavy (non-hydrogen) atoms. The fraction of sp³-hybridized carbons (Fsp3) is 0.333. The van der Waals surface area contributed by atoms with Gasteiger partial charge in [-0.25, -0.2) is 4.98 Å². The minimum atomic E-state index is -0.0381. The van der Waals surface area contributed by atoms with Gasteiger partial charge in [0.15, 0.2) is 0 Å². The van der Waals surface area contributed by atoms with Crippen LogP contribution in [0.3, 0.4) is 0 Å². The molecule has 5 nitrogen and oxygen atoms in total. The van der Waals surface area contributed by atoms with Crippen LogP contribution in [0.5, 0.6) is 5.75 Å². The molecule has 1 aliphatic rings. The van der Waals surface area contributed by atoms with E-state index in [-0.39, 0.29) is 5.56 Å². The zero-order valence-corrected chi connectivity index (χ0v) is 11.4. The third-order valence-corrected chi connectivity index (χ3v) is 3.38. The summed E-state index contributed by atoms with van der Waals surface area (Å²) in [6, 6.07) is 7.61. The number of aromatic nitrogens is 2. The summed E-state index contributed by atoms with van der Waals surface area (Å²) in [5.74, 6) is 1.22. The Bertz CT molecular complexity index is 679. The van der Waals surface area contributed by atoms with Gasteiger partial charge in [-0.3, -0.25) is 9.78 Å². The standard InChI is InChI=1S/C15H17N3O2/c1-2-20-13-9-4-3-7-12(13)17-15-16-11-8-5-6-10(11)14(19)18-15/h3-4,7,9H,2,5-6,8H2,1H3,(H2,16,17,18,19). The molecule has 0 saturated heterocycles. The van der Waals surface area contributed by atoms with Crippen LogP contribution in [-0.2, 0) is 12.8 Å². The van der Waals surface area contributed by atoms with Crippen LogP contribution < -0.4 is 15.6 Å². The van der Waals surface area contributed by atoms with Crippen molar-refractivity contribution in [1.29, 1.82) is 0 Å². The number of H-pyrrole nitrogens is 1. The summed E-state index contributed by atoms with van der Waals surface area (Å²) in [5, 5.41) is 3.14. The Morgan fingerprint density at radius 3 is 3.05 bits per heavy atom. The Balaban J connectivity index is 1.92. The predicted molar refractivity (Wildman–Crippen MR) is 77.8 cm³/mol. The predicted octanol–water partition coefficient (Wildman–Crippen LogP) is 2.40. The van der Waals surface area contributed by atoms with Crippen molar-refractivity contribution in [2.45, 2.75) is 26.2 Å². The van der Waals surface area contributed by atoms with Crippen molar-refractivity contribution in [2.24, 2.45) is 0 Å². The first-order valence-corrected chi connectivity index (χ1v) is 6.89. The number of anilines is 2. The molecule has 0 unspecified atom stereocenters. The van der Waals surface area contributed by atoms with Gasteiger partial charge >= 0.3 is 0 Å². The quantitative estimate of drug-likeness (QED) is 0.896. The maximum absolute atomic E-state index is 12.0. The van der Waals surface area contributed by atoms with Crippen LogP contribution in [0.15, 0.2) is 29.1 Å². The Morgan fingerprint density at radius 1 is 1.35 bits per heavy atom. The molecule has 1 heterocycles. The first kappa shape index (κ1) is 12.7. The number of aromatic amines is 1. The van der Waals surface area contributed by atoms with Crippen molar-refractivity contribution in [3.05, 3.63) is 45.9 Å². The van der Waals surface area contributed by atoms with Gasteiger partial charge in [0, 0.05) is 5.56 Å². The van der Waals surface area contributed by atoms with Crippen LogP contribution in [-0.4, -0.2) is 16.6 Å². The molecule has 0 fully saturated rings. The highest BCUT2D eigenvalue weighted by atomic mass is 16.5. The molecule has 0 saturated carbocycles. The smallest absolute Gasteiger partial charge is 0.255 e. The van der Waals surface area contributed by atoms with E-state index in [9.17, 15) is 4.79 Å². The normalized spacial score (nSPS) is 13.1. The van der Waals surface area contributed by atoms with E-state index in [0.29, 0.717) is 12.6 Å². The summed E-state index contributed by atoms with van der Waals surface area (Å²) in [6.07, 6.45) is 2.71. The van der Waals surface area contributed by atoms with Gasteiger partial charge in [0.25, 0.3) is 5.56 Å². The number of aryl methyl sites for hydroxylation is 1. The van der Waals surface area contributed by atoms with Gasteiger partial charge in [-0.2, -0.15) is 0 Å². The third-order valence-electron chi connectivity index (χ3n) is 3.38. The largest absolute Gasteiger partial charge is 0.492 e. The van der Waals surface area contributed by atoms with Gasteiger partial charge in [-0.15, -0.1) is 0 Å². The van der Waals surface area contributed by atoms with Crippen molar-refractivity contribution >= 4 is 11.6 Å². The average molecular weight is 271 g/mol. The molecule has 5 heteroatoms. The monoisotopic (exact) mass is 271 g/mol. The highest BCUT2D eigenvalue weighted by Gasteiger charge is 2.17. The molecule has 0 spiro atoms. The Labute approximate surface area is 117 Å². The second kappa shape index (κ2) is 5.36. The highest BCUT2D eigenvalue weighted by Crippen LogP contribution is 2.26. The third kappa shape index (κ3) is 2.39. The van der Waals surface area contributed by atoms with E-state index in [1.165, 1.54) is 0 Å². The maximum atomic E-state index is 12.0. The van der Waals surface area contributed by atoms with Crippen molar-refractivity contribution in [1.82, 2.24) is 9.97 Å². The number of benzene rings is 1. The van der Waals surface area contributed by atoms with Gasteiger partial charge in [0.05, 0.1) is 18.0 Å². The Kier molecular flexibility index (Phi) is 3.41. The lowest BCUT2D eigenvalue weighted by Gasteiger charge is -2.12. The molecule has 0 atom stereocenters. The van der Waals surface area contributed by atoms with E-state index in [2.05, 4.69) is 15.3 Å². The van der Waals surface area contributed by atoms with E-state index in [0.717, 1.165) is 42.0 Å². The molecule has 1 aromatic carbocycles. The number of para-hydroxylation sites is 2. The molecular formula is C15H17N3O2. The second-order valence-electron chi connectivity index (χ2n) is 4.75. The van der Waals surface area contributed by atoms with E-state index < -0.39 is 0 Å². The van der Waals surface area contributed by atoms with Gasteiger partial charge in [0.1, 0.15) is 5.75 Å². The lowest BCUT2D eigenvalue weighted by Crippen LogP contribution is -2.16. The zero-order chi connectivity index (χ0) is 13.9. The van der Waals surface area contributed by atoms with Crippen molar-refractivity contribution in [3.63, 3.8) is 0 Å². The molecule has 1 aromatic heterocycles. The van der Waals surface area contributed by atoms with Crippen LogP contribution in [0.4, 0.5) is 11.6 Å². The molecule has 2 aromatic rings. The fourth-order valence-electron chi connectivity index (χ4n) is 2.48. The molecule has 104 valence electrons. The van der Waals surface area contributed by atoms with Crippen LogP contribution in [0.25, 0.3) is 0 Å². The maximum Gasteiger partial charge on any atom is 0.255 e. The SMILES string of the molecule is CCOc1ccccc1Nc1nc2c(c(=O)[nH]1)CCC2. The number of ether oxygens (including phenoxy) is 1. The van der Waals surface area contributed by atoms with Crippen LogP contribution in [0.2, 0.25) is 0 Å². The minimum absolute atomic E-state index is 0.0381. The molecule has 1 aliphatic carbocycles. The van der Waals surface area contributed by atoms with Gasteiger partial charge in [0.2, 0.25) is 5.95 Å². The number of hydrogen-bond acceptors (Lipinski definition) is 4. The molecule has 3 rings (SSSR count). The van der Waals surface area contributed by atoms with Crippen LogP contribution in [0, 0.1) is 0 Å². The zero-order valence-electron chi connectivity index (χ0n) is 11.4. The summed E-state index contributed by atoms with van der Waals surface area (Å²) in [4.78, 5) is 19.2. The van der Waals surface area contributed by atoms with E-state index in [1.807, 2.05) is 31.2 Å². The summed E-state index contributed by atoms with van der Waals surface area (Å²) in [6.45, 7) is 2.53. The summed E-state index contributed by atoms with van der Waals surface area (Å²) < 4.78 is 5.55. The summed E-state index contributed by atoms with van der Waals surface area (Å²) in [5.41, 5.74) is 2.50. The van der Waals surface area contributed by atoms with Gasteiger partial charge < -0.3 is 10.1 Å². The Morgan fingerprint density at radius 2 is 2.20 bits per heavy atom. The van der Waals surface area contributed by atoms with Crippen molar-refractivity contribution < 1.29 is 4.74 Å². The lowest BCUT2D eigenvalue weighted by atomic mass is 10.2. The lowest BCUT2D eigenvalue weighted by molar-refractivity contribution is 0.342. The molecule has 0 aliphatic heterocycles. The summed E-state index contributed by atoms with van der Waals surface area (Å²) in [7, 11) is 0. The molecule has 0 bridgehead atoms. The van der Waals surface area contributed by atoms with E-state index in [4.69, 9.17) is 4.74 Å². The topological polar surface area (TPSA) is 67.0 Å². The number of nitrogens with one attached hydrogen (secondary N) is 2. The van der Waals surface area contributed by atoms with Crippen molar-refractivity contribution in [2.75, 3.05) is 11.9 Å². The van der Waals surface area contributed by atoms with E-state index in [1.54, 1.807) is 0 Å². The molecule has 0 radical (unpaired) electrons. The van der Waals surface area contributed by atoms with Gasteiger partial charge in [-0.05, 0) is 38.3 Å². The number of hydrogen-bond donors (Lipinski definition) is 2. The first-order valence-electron chi connectivity index (χ1n) is 6.89.